The van der Waals surface area contributed by atoms with Crippen LogP contribution in [0.1, 0.15) is 43.6 Å². The first-order chi connectivity index (χ1) is 18.4. The van der Waals surface area contributed by atoms with Crippen molar-refractivity contribution in [1.82, 2.24) is 0 Å². The molecule has 0 bridgehead atoms. The molecular weight excluding hydrogens is 518 g/mol. The van der Waals surface area contributed by atoms with Gasteiger partial charge >= 0.3 is 7.60 Å². The highest BCUT2D eigenvalue weighted by atomic mass is 31.2. The second-order valence-corrected chi connectivity index (χ2v) is 12.1. The van der Waals surface area contributed by atoms with Crippen molar-refractivity contribution in [2.45, 2.75) is 33.9 Å². The van der Waals surface area contributed by atoms with E-state index in [2.05, 4.69) is 30.3 Å². The molecule has 0 saturated carbocycles. The molecule has 38 heavy (non-hydrogen) atoms. The zero-order valence-electron chi connectivity index (χ0n) is 22.3. The summed E-state index contributed by atoms with van der Waals surface area (Å²) >= 11 is 0. The SMILES string of the molecule is CCOP(OCC)C(=O)c1cc(-c2ccc3ccccc3c2)c2ccccc2c1CP(=O)(OCC)OCC. The normalized spacial score (nSPS) is 12.0. The maximum atomic E-state index is 14.0. The van der Waals surface area contributed by atoms with Gasteiger partial charge in [0.2, 0.25) is 13.9 Å². The molecule has 0 unspecified atom stereocenters. The first kappa shape index (κ1) is 28.6. The number of fused-ring (bicyclic) bond motifs is 2. The molecule has 4 aromatic rings. The second-order valence-electron chi connectivity index (χ2n) is 8.56. The molecule has 0 fully saturated rings. The van der Waals surface area contributed by atoms with Crippen LogP contribution in [0.5, 0.6) is 0 Å². The van der Waals surface area contributed by atoms with E-state index in [1.807, 2.05) is 56.3 Å². The summed E-state index contributed by atoms with van der Waals surface area (Å²) in [6.45, 7) is 8.38. The number of carbonyl (C=O) groups is 1. The minimum atomic E-state index is -3.52. The van der Waals surface area contributed by atoms with E-state index in [-0.39, 0.29) is 24.9 Å². The van der Waals surface area contributed by atoms with Gasteiger partial charge in [-0.25, -0.2) is 0 Å². The Bertz CT molecular complexity index is 1450. The predicted octanol–water partition coefficient (Wildman–Crippen LogP) is 8.95. The number of hydrogen-bond donors (Lipinski definition) is 0. The van der Waals surface area contributed by atoms with Crippen LogP contribution in [0.3, 0.4) is 0 Å². The number of rotatable bonds is 13. The third-order valence-corrected chi connectivity index (χ3v) is 9.67. The summed E-state index contributed by atoms with van der Waals surface area (Å²) in [7, 11) is -5.37. The Morgan fingerprint density at radius 3 is 1.97 bits per heavy atom. The molecule has 0 amide bonds. The standard InChI is InChI=1S/C30H34O6P2/c1-5-33-37(34-6-2)30(31)28-20-27(24-18-17-22-13-9-10-14-23(22)19-24)25-15-11-12-16-26(25)29(28)21-38(32,35-7-3)36-8-4/h9-20H,5-8,21H2,1-4H3. The highest BCUT2D eigenvalue weighted by molar-refractivity contribution is 7.67. The van der Waals surface area contributed by atoms with E-state index in [0.29, 0.717) is 24.3 Å². The average Bonchev–Trinajstić information content (AvgIpc) is 2.92. The van der Waals surface area contributed by atoms with E-state index in [9.17, 15) is 9.36 Å². The van der Waals surface area contributed by atoms with Gasteiger partial charge in [0.25, 0.3) is 0 Å². The summed E-state index contributed by atoms with van der Waals surface area (Å²) < 4.78 is 36.5. The van der Waals surface area contributed by atoms with Gasteiger partial charge in [0.1, 0.15) is 0 Å². The van der Waals surface area contributed by atoms with Crippen LogP contribution in [0.2, 0.25) is 0 Å². The first-order valence-electron chi connectivity index (χ1n) is 13.0. The van der Waals surface area contributed by atoms with Crippen molar-refractivity contribution in [2.75, 3.05) is 26.4 Å². The zero-order chi connectivity index (χ0) is 27.1. The van der Waals surface area contributed by atoms with E-state index in [1.54, 1.807) is 13.8 Å². The van der Waals surface area contributed by atoms with Gasteiger partial charge in [0.15, 0.2) is 0 Å². The smallest absolute Gasteiger partial charge is 0.329 e. The molecule has 0 aliphatic heterocycles. The van der Waals surface area contributed by atoms with Gasteiger partial charge in [-0.3, -0.25) is 9.36 Å². The highest BCUT2D eigenvalue weighted by Gasteiger charge is 2.32. The van der Waals surface area contributed by atoms with Crippen molar-refractivity contribution in [3.8, 4) is 11.1 Å². The summed E-state index contributed by atoms with van der Waals surface area (Å²) in [5.74, 6) is 0. The summed E-state index contributed by atoms with van der Waals surface area (Å²) in [5.41, 5.74) is 2.66. The van der Waals surface area contributed by atoms with E-state index in [0.717, 1.165) is 32.7 Å². The Morgan fingerprint density at radius 2 is 1.34 bits per heavy atom. The van der Waals surface area contributed by atoms with Crippen LogP contribution < -0.4 is 0 Å². The van der Waals surface area contributed by atoms with E-state index in [1.165, 1.54) is 0 Å². The maximum absolute atomic E-state index is 14.0. The molecular formula is C30H34O6P2. The van der Waals surface area contributed by atoms with E-state index < -0.39 is 16.0 Å². The summed E-state index contributed by atoms with van der Waals surface area (Å²) in [4.78, 5) is 14.0. The van der Waals surface area contributed by atoms with Gasteiger partial charge < -0.3 is 18.1 Å². The van der Waals surface area contributed by atoms with Crippen LogP contribution in [0, 0.1) is 0 Å². The first-order valence-corrected chi connectivity index (χ1v) is 15.9. The lowest BCUT2D eigenvalue weighted by Crippen LogP contribution is -2.09. The molecule has 0 aromatic heterocycles. The molecule has 0 N–H and O–H groups in total. The molecule has 0 saturated heterocycles. The van der Waals surface area contributed by atoms with Gasteiger partial charge in [-0.1, -0.05) is 60.7 Å². The van der Waals surface area contributed by atoms with Crippen LogP contribution in [0.15, 0.2) is 72.8 Å². The molecule has 0 aliphatic carbocycles. The van der Waals surface area contributed by atoms with Gasteiger partial charge in [-0.05, 0) is 78.1 Å². The molecule has 0 radical (unpaired) electrons. The van der Waals surface area contributed by atoms with E-state index in [4.69, 9.17) is 18.1 Å². The Balaban J connectivity index is 1.99. The zero-order valence-corrected chi connectivity index (χ0v) is 24.1. The van der Waals surface area contributed by atoms with Gasteiger partial charge in [0, 0.05) is 5.56 Å². The molecule has 0 spiro atoms. The topological polar surface area (TPSA) is 71.1 Å². The fourth-order valence-electron chi connectivity index (χ4n) is 4.60. The third kappa shape index (κ3) is 6.24. The fourth-order valence-corrected chi connectivity index (χ4v) is 7.54. The monoisotopic (exact) mass is 552 g/mol. The Hall–Kier alpha value is -2.43. The van der Waals surface area contributed by atoms with Crippen LogP contribution >= 0.6 is 16.0 Å². The summed E-state index contributed by atoms with van der Waals surface area (Å²) in [6.07, 6.45) is -0.0321. The number of hydrogen-bond acceptors (Lipinski definition) is 6. The molecule has 0 atom stereocenters. The quantitative estimate of drug-likeness (QED) is 0.154. The average molecular weight is 553 g/mol. The molecule has 6 nitrogen and oxygen atoms in total. The van der Waals surface area contributed by atoms with Crippen molar-refractivity contribution < 1.29 is 27.5 Å². The van der Waals surface area contributed by atoms with Crippen LogP contribution in [-0.4, -0.2) is 32.0 Å². The Kier molecular flexibility index (Phi) is 9.84. The molecule has 0 aliphatic rings. The summed E-state index contributed by atoms with van der Waals surface area (Å²) in [6, 6.07) is 24.2. The maximum Gasteiger partial charge on any atom is 0.335 e. The summed E-state index contributed by atoms with van der Waals surface area (Å²) in [5, 5.41) is 4.02. The van der Waals surface area contributed by atoms with Gasteiger partial charge in [-0.2, -0.15) is 0 Å². The van der Waals surface area contributed by atoms with Crippen molar-refractivity contribution >= 4 is 43.0 Å². The van der Waals surface area contributed by atoms with Crippen molar-refractivity contribution in [1.29, 1.82) is 0 Å². The Labute approximate surface area is 225 Å². The lowest BCUT2D eigenvalue weighted by atomic mass is 9.91. The molecule has 200 valence electrons. The number of benzene rings is 4. The highest BCUT2D eigenvalue weighted by Crippen LogP contribution is 2.54. The van der Waals surface area contributed by atoms with E-state index >= 15 is 0 Å². The number of carbonyl (C=O) groups excluding carboxylic acids is 1. The molecule has 4 aromatic carbocycles. The minimum absolute atomic E-state index is 0.0321. The lowest BCUT2D eigenvalue weighted by molar-refractivity contribution is 0.103. The minimum Gasteiger partial charge on any atom is -0.329 e. The largest absolute Gasteiger partial charge is 0.335 e. The molecule has 0 heterocycles. The fraction of sp³-hybridized carbons (Fsp3) is 0.300. The predicted molar refractivity (Wildman–Crippen MR) is 156 cm³/mol. The Morgan fingerprint density at radius 1 is 0.737 bits per heavy atom. The van der Waals surface area contributed by atoms with Gasteiger partial charge in [0.05, 0.1) is 32.6 Å². The van der Waals surface area contributed by atoms with Crippen molar-refractivity contribution in [3.63, 3.8) is 0 Å². The van der Waals surface area contributed by atoms with Crippen LogP contribution in [0.25, 0.3) is 32.7 Å². The van der Waals surface area contributed by atoms with Crippen molar-refractivity contribution in [3.05, 3.63) is 83.9 Å². The lowest BCUT2D eigenvalue weighted by Gasteiger charge is -2.23. The molecule has 4 rings (SSSR count). The molecule has 8 heteroatoms. The van der Waals surface area contributed by atoms with Crippen LogP contribution in [0.4, 0.5) is 0 Å². The van der Waals surface area contributed by atoms with Gasteiger partial charge in [-0.15, -0.1) is 0 Å². The van der Waals surface area contributed by atoms with Crippen LogP contribution in [-0.2, 0) is 28.8 Å². The van der Waals surface area contributed by atoms with Crippen molar-refractivity contribution in [2.24, 2.45) is 0 Å². The third-order valence-electron chi connectivity index (χ3n) is 6.11. The second kappa shape index (κ2) is 13.1.